The Bertz CT molecular complexity index is 2470. The Labute approximate surface area is 247 Å². The third-order valence-corrected chi connectivity index (χ3v) is 8.44. The van der Waals surface area contributed by atoms with Gasteiger partial charge in [0.2, 0.25) is 0 Å². The summed E-state index contributed by atoms with van der Waals surface area (Å²) < 4.78 is 13.0. The van der Waals surface area contributed by atoms with Crippen LogP contribution in [0.2, 0.25) is 0 Å². The van der Waals surface area contributed by atoms with E-state index in [9.17, 15) is 0 Å². The quantitative estimate of drug-likeness (QED) is 0.218. The summed E-state index contributed by atoms with van der Waals surface area (Å²) in [6.07, 6.45) is 0. The van der Waals surface area contributed by atoms with Crippen molar-refractivity contribution in [1.82, 2.24) is 0 Å². The lowest BCUT2D eigenvalue weighted by molar-refractivity contribution is 0.669. The predicted molar refractivity (Wildman–Crippen MR) is 179 cm³/mol. The molecule has 0 bridgehead atoms. The third-order valence-electron chi connectivity index (χ3n) is 8.44. The van der Waals surface area contributed by atoms with E-state index in [0.717, 1.165) is 72.1 Å². The van der Waals surface area contributed by atoms with E-state index in [1.54, 1.807) is 0 Å². The van der Waals surface area contributed by atoms with E-state index in [1.807, 2.05) is 12.1 Å². The van der Waals surface area contributed by atoms with Crippen LogP contribution in [0.5, 0.6) is 0 Å². The van der Waals surface area contributed by atoms with Gasteiger partial charge in [-0.05, 0) is 64.9 Å². The summed E-state index contributed by atoms with van der Waals surface area (Å²) in [7, 11) is 0. The van der Waals surface area contributed by atoms with Gasteiger partial charge >= 0.3 is 0 Å². The molecule has 0 unspecified atom stereocenters. The topological polar surface area (TPSA) is 29.5 Å². The minimum Gasteiger partial charge on any atom is -0.456 e. The molecule has 0 saturated carbocycles. The van der Waals surface area contributed by atoms with Crippen molar-refractivity contribution in [2.45, 2.75) is 0 Å². The van der Waals surface area contributed by atoms with Gasteiger partial charge in [0.1, 0.15) is 16.7 Å². The number of anilines is 3. The van der Waals surface area contributed by atoms with Gasteiger partial charge in [0.05, 0.1) is 11.4 Å². The number of fused-ring (bicyclic) bond motifs is 7. The molecule has 3 nitrogen and oxygen atoms in total. The van der Waals surface area contributed by atoms with Gasteiger partial charge in [-0.2, -0.15) is 0 Å². The lowest BCUT2D eigenvalue weighted by atomic mass is 9.96. The number of furan rings is 2. The van der Waals surface area contributed by atoms with Crippen molar-refractivity contribution < 1.29 is 8.83 Å². The summed E-state index contributed by atoms with van der Waals surface area (Å²) in [6.45, 7) is 0. The highest BCUT2D eigenvalue weighted by molar-refractivity contribution is 6.17. The van der Waals surface area contributed by atoms with Gasteiger partial charge in [-0.1, -0.05) is 103 Å². The van der Waals surface area contributed by atoms with Crippen LogP contribution in [0.4, 0.5) is 17.1 Å². The minimum atomic E-state index is 0.862. The van der Waals surface area contributed by atoms with E-state index < -0.39 is 0 Å². The van der Waals surface area contributed by atoms with Crippen molar-refractivity contribution in [3.8, 4) is 11.1 Å². The molecule has 0 atom stereocenters. The molecule has 0 aliphatic rings. The summed E-state index contributed by atoms with van der Waals surface area (Å²) in [6, 6.07) is 53.0. The second kappa shape index (κ2) is 9.37. The highest BCUT2D eigenvalue weighted by Gasteiger charge is 2.23. The van der Waals surface area contributed by atoms with Crippen molar-refractivity contribution in [2.75, 3.05) is 4.90 Å². The van der Waals surface area contributed by atoms with E-state index >= 15 is 0 Å². The van der Waals surface area contributed by atoms with Crippen LogP contribution in [-0.4, -0.2) is 0 Å². The molecule has 0 radical (unpaired) electrons. The molecule has 0 saturated heterocycles. The summed E-state index contributed by atoms with van der Waals surface area (Å²) in [5, 5.41) is 6.81. The first-order valence-corrected chi connectivity index (χ1v) is 14.5. The molecule has 0 aliphatic heterocycles. The Morgan fingerprint density at radius 1 is 0.395 bits per heavy atom. The van der Waals surface area contributed by atoms with E-state index in [1.165, 1.54) is 10.8 Å². The maximum atomic E-state index is 6.55. The van der Waals surface area contributed by atoms with Gasteiger partial charge in [-0.3, -0.25) is 0 Å². The van der Waals surface area contributed by atoms with Crippen molar-refractivity contribution in [3.05, 3.63) is 152 Å². The zero-order valence-corrected chi connectivity index (χ0v) is 23.2. The first kappa shape index (κ1) is 23.9. The fraction of sp³-hybridized carbons (Fsp3) is 0. The van der Waals surface area contributed by atoms with Gasteiger partial charge in [0.25, 0.3) is 0 Å². The van der Waals surface area contributed by atoms with Gasteiger partial charge < -0.3 is 13.7 Å². The first-order chi connectivity index (χ1) is 21.3. The maximum absolute atomic E-state index is 6.55. The van der Waals surface area contributed by atoms with Gasteiger partial charge in [-0.25, -0.2) is 0 Å². The monoisotopic (exact) mass is 551 g/mol. The van der Waals surface area contributed by atoms with Gasteiger partial charge in [0, 0.05) is 32.8 Å². The molecule has 43 heavy (non-hydrogen) atoms. The molecule has 7 aromatic carbocycles. The molecule has 9 rings (SSSR count). The predicted octanol–water partition coefficient (Wildman–Crippen LogP) is 11.8. The fourth-order valence-corrected chi connectivity index (χ4v) is 6.53. The lowest BCUT2D eigenvalue weighted by Gasteiger charge is -2.28. The van der Waals surface area contributed by atoms with Crippen molar-refractivity contribution >= 4 is 71.7 Å². The molecular weight excluding hydrogens is 526 g/mol. The van der Waals surface area contributed by atoms with Crippen LogP contribution < -0.4 is 4.90 Å². The molecule has 0 N–H and O–H groups in total. The summed E-state index contributed by atoms with van der Waals surface area (Å²) in [5.41, 5.74) is 8.86. The Morgan fingerprint density at radius 3 is 1.95 bits per heavy atom. The highest BCUT2D eigenvalue weighted by Crippen LogP contribution is 2.47. The smallest absolute Gasteiger partial charge is 0.159 e. The fourth-order valence-electron chi connectivity index (χ4n) is 6.53. The summed E-state index contributed by atoms with van der Waals surface area (Å²) >= 11 is 0. The molecule has 2 heterocycles. The SMILES string of the molecule is c1ccc(N(c2ccccc2-c2cccc3oc4cc5ccccc5cc4c23)c2cccc3c2oc2ccccc23)cc1. The van der Waals surface area contributed by atoms with Gasteiger partial charge in [-0.15, -0.1) is 0 Å². The third kappa shape index (κ3) is 3.68. The molecule has 3 heteroatoms. The largest absolute Gasteiger partial charge is 0.456 e. The average molecular weight is 552 g/mol. The second-order valence-electron chi connectivity index (χ2n) is 10.9. The number of hydrogen-bond acceptors (Lipinski definition) is 3. The summed E-state index contributed by atoms with van der Waals surface area (Å²) in [4.78, 5) is 2.32. The number of nitrogens with zero attached hydrogens (tertiary/aromatic N) is 1. The van der Waals surface area contributed by atoms with Crippen LogP contribution >= 0.6 is 0 Å². The molecule has 0 spiro atoms. The average Bonchev–Trinajstić information content (AvgIpc) is 3.63. The van der Waals surface area contributed by atoms with E-state index in [4.69, 9.17) is 8.83 Å². The van der Waals surface area contributed by atoms with Crippen LogP contribution in [0.1, 0.15) is 0 Å². The summed E-state index contributed by atoms with van der Waals surface area (Å²) in [5.74, 6) is 0. The minimum absolute atomic E-state index is 0.862. The van der Waals surface area contributed by atoms with Crippen molar-refractivity contribution in [2.24, 2.45) is 0 Å². The Kier molecular flexibility index (Phi) is 5.20. The van der Waals surface area contributed by atoms with Crippen LogP contribution in [0, 0.1) is 0 Å². The van der Waals surface area contributed by atoms with Crippen LogP contribution in [0.25, 0.3) is 65.8 Å². The number of rotatable bonds is 4. The van der Waals surface area contributed by atoms with E-state index in [2.05, 4.69) is 144 Å². The van der Waals surface area contributed by atoms with Gasteiger partial charge in [0.15, 0.2) is 5.58 Å². The first-order valence-electron chi connectivity index (χ1n) is 14.5. The van der Waals surface area contributed by atoms with Crippen molar-refractivity contribution in [3.63, 3.8) is 0 Å². The molecule has 202 valence electrons. The van der Waals surface area contributed by atoms with Crippen molar-refractivity contribution in [1.29, 1.82) is 0 Å². The lowest BCUT2D eigenvalue weighted by Crippen LogP contribution is -2.11. The molecule has 0 amide bonds. The molecule has 0 fully saturated rings. The van der Waals surface area contributed by atoms with Crippen LogP contribution in [-0.2, 0) is 0 Å². The molecular formula is C40H25NO2. The van der Waals surface area contributed by atoms with E-state index in [-0.39, 0.29) is 0 Å². The Hall–Kier alpha value is -5.80. The normalized spacial score (nSPS) is 11.7. The van der Waals surface area contributed by atoms with Crippen LogP contribution in [0.15, 0.2) is 160 Å². The highest BCUT2D eigenvalue weighted by atomic mass is 16.3. The standard InChI is InChI=1S/C40H25NO2/c1-2-14-28(15-3-1)41(35-21-10-19-32-30-17-7-9-22-36(30)43-40(32)35)34-20-8-6-16-29(34)31-18-11-23-37-39(31)33-24-26-12-4-5-13-27(26)25-38(33)42-37/h1-25H. The molecule has 0 aliphatic carbocycles. The second-order valence-corrected chi connectivity index (χ2v) is 10.9. The van der Waals surface area contributed by atoms with E-state index in [0.29, 0.717) is 0 Å². The zero-order chi connectivity index (χ0) is 28.3. The maximum Gasteiger partial charge on any atom is 0.159 e. The van der Waals surface area contributed by atoms with Crippen LogP contribution in [0.3, 0.4) is 0 Å². The number of benzene rings is 7. The Balaban J connectivity index is 1.34. The molecule has 9 aromatic rings. The molecule has 2 aromatic heterocycles. The number of hydrogen-bond donors (Lipinski definition) is 0. The zero-order valence-electron chi connectivity index (χ0n) is 23.2. The Morgan fingerprint density at radius 2 is 1.05 bits per heavy atom. The number of para-hydroxylation sites is 4.